The molecule has 8 heteroatoms. The van der Waals surface area contributed by atoms with Crippen molar-refractivity contribution < 1.29 is 28.9 Å². The number of ether oxygens (including phenoxy) is 3. The maximum absolute atomic E-state index is 12.8. The Bertz CT molecular complexity index is 1050. The summed E-state index contributed by atoms with van der Waals surface area (Å²) in [6, 6.07) is 12.0. The molecule has 3 rings (SSSR count). The summed E-state index contributed by atoms with van der Waals surface area (Å²) in [7, 11) is 1.59. The van der Waals surface area contributed by atoms with Gasteiger partial charge in [-0.2, -0.15) is 0 Å². The summed E-state index contributed by atoms with van der Waals surface area (Å²) in [5.74, 6) is 1.95. The van der Waals surface area contributed by atoms with Crippen molar-refractivity contribution in [3.8, 4) is 17.2 Å². The minimum Gasteiger partial charge on any atom is -0.497 e. The molecule has 0 bridgehead atoms. The first kappa shape index (κ1) is 29.5. The smallest absolute Gasteiger partial charge is 0.220 e. The highest BCUT2D eigenvalue weighted by Crippen LogP contribution is 2.33. The zero-order valence-corrected chi connectivity index (χ0v) is 23.0. The van der Waals surface area contributed by atoms with Gasteiger partial charge in [-0.1, -0.05) is 33.3 Å². The Balaban J connectivity index is 1.49. The van der Waals surface area contributed by atoms with Gasteiger partial charge in [0.2, 0.25) is 5.91 Å². The number of Topliss-reactive ketones (excluding diaryl/α,β-unsaturated/α-hetero) is 1. The van der Waals surface area contributed by atoms with Gasteiger partial charge in [0.05, 0.1) is 13.2 Å². The van der Waals surface area contributed by atoms with Crippen LogP contribution in [0.1, 0.15) is 74.9 Å². The molecule has 2 atom stereocenters. The average molecular weight is 527 g/mol. The molecule has 0 aromatic heterocycles. The molecule has 0 spiro atoms. The summed E-state index contributed by atoms with van der Waals surface area (Å²) in [6.45, 7) is 8.52. The molecular formula is C30H42N2O6. The maximum Gasteiger partial charge on any atom is 0.220 e. The van der Waals surface area contributed by atoms with E-state index in [1.54, 1.807) is 49.6 Å². The summed E-state index contributed by atoms with van der Waals surface area (Å²) in [5, 5.41) is 17.6. The second-order valence-electron chi connectivity index (χ2n) is 10.9. The number of carbonyl (C=O) groups is 2. The molecule has 38 heavy (non-hydrogen) atoms. The van der Waals surface area contributed by atoms with Gasteiger partial charge in [-0.3, -0.25) is 9.59 Å². The lowest BCUT2D eigenvalue weighted by Gasteiger charge is -2.28. The van der Waals surface area contributed by atoms with Crippen molar-refractivity contribution in [2.75, 3.05) is 33.4 Å². The Morgan fingerprint density at radius 3 is 2.34 bits per heavy atom. The standard InChI is InChI=1S/C30H42N2O6/c1-30(2,3)20-31-19-24(29(35)22-12-15-26-27(18-22)38-17-16-37-26)32-28(34)9-7-5-6-8-25(33)21-10-13-23(36-4)14-11-21/h10-15,18,24,29,31,35H,5-9,16-17,19-20H2,1-4H3,(H,32,34). The summed E-state index contributed by atoms with van der Waals surface area (Å²) in [4.78, 5) is 25.2. The van der Waals surface area contributed by atoms with Crippen LogP contribution in [-0.4, -0.2) is 56.3 Å². The molecular weight excluding hydrogens is 484 g/mol. The number of unbranched alkanes of at least 4 members (excludes halogenated alkanes) is 2. The summed E-state index contributed by atoms with van der Waals surface area (Å²) in [6.07, 6.45) is 2.02. The number of nitrogens with one attached hydrogen (secondary N) is 2. The summed E-state index contributed by atoms with van der Waals surface area (Å²) >= 11 is 0. The third-order valence-corrected chi connectivity index (χ3v) is 6.37. The molecule has 0 saturated heterocycles. The van der Waals surface area contributed by atoms with Crippen LogP contribution < -0.4 is 24.8 Å². The molecule has 208 valence electrons. The second-order valence-corrected chi connectivity index (χ2v) is 10.9. The molecule has 0 saturated carbocycles. The van der Waals surface area contributed by atoms with Crippen LogP contribution in [0.4, 0.5) is 0 Å². The number of ketones is 1. The van der Waals surface area contributed by atoms with Crippen LogP contribution in [0.5, 0.6) is 17.2 Å². The van der Waals surface area contributed by atoms with Gasteiger partial charge < -0.3 is 30.0 Å². The van der Waals surface area contributed by atoms with Gasteiger partial charge in [-0.25, -0.2) is 0 Å². The van der Waals surface area contributed by atoms with E-state index in [0.717, 1.165) is 18.7 Å². The first-order valence-electron chi connectivity index (χ1n) is 13.4. The SMILES string of the molecule is COc1ccc(C(=O)CCCCCC(=O)NC(CNCC(C)(C)C)C(O)c2ccc3c(c2)OCCO3)cc1. The zero-order chi connectivity index (χ0) is 27.5. The van der Waals surface area contributed by atoms with Crippen molar-refractivity contribution >= 4 is 11.7 Å². The number of carbonyl (C=O) groups excluding carboxylic acids is 2. The molecule has 2 aromatic rings. The van der Waals surface area contributed by atoms with E-state index in [4.69, 9.17) is 14.2 Å². The van der Waals surface area contributed by atoms with Crippen molar-refractivity contribution in [1.29, 1.82) is 0 Å². The molecule has 1 heterocycles. The first-order valence-corrected chi connectivity index (χ1v) is 13.4. The predicted octanol–water partition coefficient (Wildman–Crippen LogP) is 4.45. The van der Waals surface area contributed by atoms with Crippen LogP contribution in [0.25, 0.3) is 0 Å². The Hall–Kier alpha value is -3.10. The van der Waals surface area contributed by atoms with Crippen LogP contribution in [0.2, 0.25) is 0 Å². The fraction of sp³-hybridized carbons (Fsp3) is 0.533. The Morgan fingerprint density at radius 2 is 1.66 bits per heavy atom. The van der Waals surface area contributed by atoms with Crippen LogP contribution in [0.15, 0.2) is 42.5 Å². The van der Waals surface area contributed by atoms with Gasteiger partial charge in [-0.05, 0) is 60.2 Å². The number of amides is 1. The van der Waals surface area contributed by atoms with E-state index >= 15 is 0 Å². The van der Waals surface area contributed by atoms with Crippen LogP contribution in [0, 0.1) is 5.41 Å². The first-order chi connectivity index (χ1) is 18.2. The van der Waals surface area contributed by atoms with Crippen molar-refractivity contribution in [1.82, 2.24) is 10.6 Å². The van der Waals surface area contributed by atoms with Gasteiger partial charge in [0, 0.05) is 31.5 Å². The Labute approximate surface area is 226 Å². The number of aliphatic hydroxyl groups excluding tert-OH is 1. The van der Waals surface area contributed by atoms with E-state index in [2.05, 4.69) is 31.4 Å². The van der Waals surface area contributed by atoms with Crippen molar-refractivity contribution in [2.45, 2.75) is 65.0 Å². The number of rotatable bonds is 14. The highest BCUT2D eigenvalue weighted by atomic mass is 16.6. The molecule has 3 N–H and O–H groups in total. The maximum atomic E-state index is 12.8. The van der Waals surface area contributed by atoms with E-state index in [1.165, 1.54) is 0 Å². The third-order valence-electron chi connectivity index (χ3n) is 6.37. The molecule has 0 radical (unpaired) electrons. The lowest BCUT2D eigenvalue weighted by molar-refractivity contribution is -0.122. The highest BCUT2D eigenvalue weighted by Gasteiger charge is 2.25. The van der Waals surface area contributed by atoms with Crippen molar-refractivity contribution in [3.05, 3.63) is 53.6 Å². The zero-order valence-electron chi connectivity index (χ0n) is 23.0. The summed E-state index contributed by atoms with van der Waals surface area (Å²) < 4.78 is 16.4. The Kier molecular flexibility index (Phi) is 11.0. The molecule has 2 unspecified atom stereocenters. The number of aliphatic hydroxyl groups is 1. The Morgan fingerprint density at radius 1 is 0.974 bits per heavy atom. The van der Waals surface area contributed by atoms with E-state index in [-0.39, 0.29) is 17.1 Å². The number of fused-ring (bicyclic) bond motifs is 1. The second kappa shape index (κ2) is 14.2. The lowest BCUT2D eigenvalue weighted by Crippen LogP contribution is -2.47. The van der Waals surface area contributed by atoms with Crippen LogP contribution in [0.3, 0.4) is 0 Å². The number of benzene rings is 2. The number of methoxy groups -OCH3 is 1. The number of hydrogen-bond donors (Lipinski definition) is 3. The highest BCUT2D eigenvalue weighted by molar-refractivity contribution is 5.96. The van der Waals surface area contributed by atoms with Gasteiger partial charge in [0.1, 0.15) is 25.1 Å². The molecule has 0 fully saturated rings. The van der Waals surface area contributed by atoms with Crippen LogP contribution >= 0.6 is 0 Å². The molecule has 1 amide bonds. The van der Waals surface area contributed by atoms with Crippen molar-refractivity contribution in [3.63, 3.8) is 0 Å². The van der Waals surface area contributed by atoms with E-state index in [0.29, 0.717) is 68.1 Å². The molecule has 8 nitrogen and oxygen atoms in total. The van der Waals surface area contributed by atoms with E-state index in [1.807, 2.05) is 0 Å². The molecule has 2 aromatic carbocycles. The normalized spacial score (nSPS) is 14.4. The topological polar surface area (TPSA) is 106 Å². The largest absolute Gasteiger partial charge is 0.497 e. The van der Waals surface area contributed by atoms with Crippen molar-refractivity contribution in [2.24, 2.45) is 5.41 Å². The minimum atomic E-state index is -0.913. The number of hydrogen-bond acceptors (Lipinski definition) is 7. The third kappa shape index (κ3) is 9.33. The molecule has 1 aliphatic heterocycles. The van der Waals surface area contributed by atoms with E-state index < -0.39 is 12.1 Å². The minimum absolute atomic E-state index is 0.0692. The summed E-state index contributed by atoms with van der Waals surface area (Å²) in [5.41, 5.74) is 1.40. The predicted molar refractivity (Wildman–Crippen MR) is 147 cm³/mol. The molecule has 0 aliphatic carbocycles. The quantitative estimate of drug-likeness (QED) is 0.247. The fourth-order valence-electron chi connectivity index (χ4n) is 4.27. The van der Waals surface area contributed by atoms with Gasteiger partial charge in [0.25, 0.3) is 0 Å². The van der Waals surface area contributed by atoms with Gasteiger partial charge in [-0.15, -0.1) is 0 Å². The van der Waals surface area contributed by atoms with E-state index in [9.17, 15) is 14.7 Å². The fourth-order valence-corrected chi connectivity index (χ4v) is 4.27. The van der Waals surface area contributed by atoms with Gasteiger partial charge in [0.15, 0.2) is 17.3 Å². The lowest BCUT2D eigenvalue weighted by atomic mass is 9.96. The monoisotopic (exact) mass is 526 g/mol. The average Bonchev–Trinajstić information content (AvgIpc) is 2.91. The van der Waals surface area contributed by atoms with Crippen LogP contribution in [-0.2, 0) is 4.79 Å². The van der Waals surface area contributed by atoms with Gasteiger partial charge >= 0.3 is 0 Å². The molecule has 1 aliphatic rings.